The number of anilines is 1. The van der Waals surface area contributed by atoms with Crippen molar-refractivity contribution in [3.05, 3.63) is 45.8 Å². The maximum absolute atomic E-state index is 11.9. The number of amides is 1. The van der Waals surface area contributed by atoms with Crippen LogP contribution in [0.4, 0.5) is 5.69 Å². The minimum Gasteiger partial charge on any atom is -0.361 e. The van der Waals surface area contributed by atoms with Gasteiger partial charge >= 0.3 is 0 Å². The van der Waals surface area contributed by atoms with Gasteiger partial charge in [-0.1, -0.05) is 22.8 Å². The van der Waals surface area contributed by atoms with Crippen molar-refractivity contribution < 1.29 is 9.32 Å². The molecule has 2 aromatic rings. The summed E-state index contributed by atoms with van der Waals surface area (Å²) in [5, 5.41) is 6.92. The monoisotopic (exact) mass is 264 g/mol. The molecule has 1 amide bonds. The lowest BCUT2D eigenvalue weighted by Crippen LogP contribution is -2.13. The van der Waals surface area contributed by atoms with Crippen molar-refractivity contribution in [3.63, 3.8) is 0 Å². The van der Waals surface area contributed by atoms with Crippen LogP contribution >= 0.6 is 11.6 Å². The normalized spacial score (nSPS) is 10.4. The summed E-state index contributed by atoms with van der Waals surface area (Å²) in [6.07, 6.45) is 0. The number of halogens is 1. The second kappa shape index (κ2) is 4.82. The number of benzene rings is 1. The van der Waals surface area contributed by atoms with E-state index in [1.807, 2.05) is 19.9 Å². The molecule has 0 radical (unpaired) electrons. The van der Waals surface area contributed by atoms with Gasteiger partial charge in [0.1, 0.15) is 5.76 Å². The minimum absolute atomic E-state index is 0.239. The van der Waals surface area contributed by atoms with Gasteiger partial charge in [-0.2, -0.15) is 0 Å². The van der Waals surface area contributed by atoms with Gasteiger partial charge in [-0.25, -0.2) is 0 Å². The van der Waals surface area contributed by atoms with Crippen LogP contribution < -0.4 is 5.32 Å². The Bertz CT molecular complexity index is 582. The van der Waals surface area contributed by atoms with Crippen molar-refractivity contribution in [2.45, 2.75) is 20.8 Å². The Balaban J connectivity index is 2.27. The number of hydrogen-bond acceptors (Lipinski definition) is 3. The highest BCUT2D eigenvalue weighted by Gasteiger charge is 2.14. The molecule has 0 atom stereocenters. The molecule has 1 aromatic heterocycles. The third-order valence-corrected chi connectivity index (χ3v) is 2.83. The summed E-state index contributed by atoms with van der Waals surface area (Å²) in [6, 6.07) is 5.33. The zero-order chi connectivity index (χ0) is 13.3. The van der Waals surface area contributed by atoms with E-state index < -0.39 is 0 Å². The fraction of sp³-hybridized carbons (Fsp3) is 0.231. The quantitative estimate of drug-likeness (QED) is 0.903. The number of aryl methyl sites for hydroxylation is 3. The van der Waals surface area contributed by atoms with Crippen LogP contribution in [0.2, 0.25) is 5.02 Å². The van der Waals surface area contributed by atoms with Crippen LogP contribution in [-0.2, 0) is 0 Å². The lowest BCUT2D eigenvalue weighted by Gasteiger charge is -2.10. The molecule has 2 rings (SSSR count). The van der Waals surface area contributed by atoms with Crippen LogP contribution in [0.25, 0.3) is 0 Å². The highest BCUT2D eigenvalue weighted by Crippen LogP contribution is 2.27. The predicted molar refractivity (Wildman–Crippen MR) is 70.1 cm³/mol. The van der Waals surface area contributed by atoms with Crippen LogP contribution in [0.3, 0.4) is 0 Å². The van der Waals surface area contributed by atoms with Crippen LogP contribution in [0, 0.1) is 20.8 Å². The highest BCUT2D eigenvalue weighted by molar-refractivity contribution is 6.34. The Kier molecular flexibility index (Phi) is 3.39. The molecule has 0 saturated carbocycles. The van der Waals surface area contributed by atoms with Gasteiger partial charge in [-0.05, 0) is 38.0 Å². The van der Waals surface area contributed by atoms with E-state index in [0.717, 1.165) is 11.1 Å². The van der Waals surface area contributed by atoms with Gasteiger partial charge in [0.25, 0.3) is 5.91 Å². The van der Waals surface area contributed by atoms with Crippen LogP contribution in [0.1, 0.15) is 27.4 Å². The summed E-state index contributed by atoms with van der Waals surface area (Å²) < 4.78 is 4.86. The van der Waals surface area contributed by atoms with Crippen LogP contribution in [0.5, 0.6) is 0 Å². The lowest BCUT2D eigenvalue weighted by atomic mass is 10.1. The second-order valence-electron chi connectivity index (χ2n) is 4.22. The first-order valence-corrected chi connectivity index (χ1v) is 5.86. The second-order valence-corrected chi connectivity index (χ2v) is 4.62. The SMILES string of the molecule is Cc1cc(C)c(NC(=O)c2cc(C)on2)c(Cl)c1. The van der Waals surface area contributed by atoms with E-state index >= 15 is 0 Å². The molecule has 0 spiro atoms. The Morgan fingerprint density at radius 2 is 2.00 bits per heavy atom. The zero-order valence-corrected chi connectivity index (χ0v) is 11.1. The fourth-order valence-corrected chi connectivity index (χ4v) is 2.09. The Labute approximate surface area is 110 Å². The topological polar surface area (TPSA) is 55.1 Å². The summed E-state index contributed by atoms with van der Waals surface area (Å²) in [6.45, 7) is 5.57. The zero-order valence-electron chi connectivity index (χ0n) is 10.4. The molecule has 4 nitrogen and oxygen atoms in total. The number of nitrogens with zero attached hydrogens (tertiary/aromatic N) is 1. The Morgan fingerprint density at radius 3 is 2.56 bits per heavy atom. The molecule has 1 N–H and O–H groups in total. The minimum atomic E-state index is -0.333. The van der Waals surface area contributed by atoms with E-state index in [2.05, 4.69) is 10.5 Å². The molecule has 5 heteroatoms. The Morgan fingerprint density at radius 1 is 1.28 bits per heavy atom. The number of rotatable bonds is 2. The van der Waals surface area contributed by atoms with E-state index in [1.54, 1.807) is 19.1 Å². The van der Waals surface area contributed by atoms with Crippen LogP contribution in [0.15, 0.2) is 22.7 Å². The molecule has 0 bridgehead atoms. The van der Waals surface area contributed by atoms with E-state index in [9.17, 15) is 4.79 Å². The van der Waals surface area contributed by atoms with Crippen LogP contribution in [-0.4, -0.2) is 11.1 Å². The Hall–Kier alpha value is -1.81. The number of carbonyl (C=O) groups excluding carboxylic acids is 1. The number of carbonyl (C=O) groups is 1. The molecular formula is C13H13ClN2O2. The van der Waals surface area contributed by atoms with Gasteiger partial charge in [-0.15, -0.1) is 0 Å². The summed E-state index contributed by atoms with van der Waals surface area (Å²) in [7, 11) is 0. The molecular weight excluding hydrogens is 252 g/mol. The van der Waals surface area contributed by atoms with Gasteiger partial charge in [0.15, 0.2) is 5.69 Å². The van der Waals surface area contributed by atoms with Crippen molar-refractivity contribution in [1.82, 2.24) is 5.16 Å². The molecule has 0 aliphatic heterocycles. The third-order valence-electron chi connectivity index (χ3n) is 2.53. The first kappa shape index (κ1) is 12.6. The van der Waals surface area contributed by atoms with Gasteiger partial charge in [0.2, 0.25) is 0 Å². The molecule has 1 heterocycles. The predicted octanol–water partition coefficient (Wildman–Crippen LogP) is 3.51. The summed E-state index contributed by atoms with van der Waals surface area (Å²) in [5.41, 5.74) is 2.80. The number of hydrogen-bond donors (Lipinski definition) is 1. The molecule has 0 unspecified atom stereocenters. The average Bonchev–Trinajstić information content (AvgIpc) is 2.70. The standard InChI is InChI=1S/C13H13ClN2O2/c1-7-4-8(2)12(10(14)5-7)15-13(17)11-6-9(3)18-16-11/h4-6H,1-3H3,(H,15,17). The van der Waals surface area contributed by atoms with E-state index in [-0.39, 0.29) is 11.6 Å². The molecule has 94 valence electrons. The van der Waals surface area contributed by atoms with Crippen molar-refractivity contribution in [3.8, 4) is 0 Å². The van der Waals surface area contributed by atoms with Gasteiger partial charge in [0.05, 0.1) is 10.7 Å². The number of aromatic nitrogens is 1. The van der Waals surface area contributed by atoms with Crippen molar-refractivity contribution in [1.29, 1.82) is 0 Å². The molecule has 18 heavy (non-hydrogen) atoms. The molecule has 0 fully saturated rings. The molecule has 0 aliphatic carbocycles. The van der Waals surface area contributed by atoms with E-state index in [4.69, 9.17) is 16.1 Å². The summed E-state index contributed by atoms with van der Waals surface area (Å²) in [4.78, 5) is 11.9. The maximum Gasteiger partial charge on any atom is 0.277 e. The first-order chi connectivity index (χ1) is 8.47. The van der Waals surface area contributed by atoms with Crippen molar-refractivity contribution in [2.24, 2.45) is 0 Å². The lowest BCUT2D eigenvalue weighted by molar-refractivity contribution is 0.101. The van der Waals surface area contributed by atoms with Gasteiger partial charge in [0, 0.05) is 6.07 Å². The molecule has 0 aliphatic rings. The van der Waals surface area contributed by atoms with E-state index in [0.29, 0.717) is 16.5 Å². The average molecular weight is 265 g/mol. The summed E-state index contributed by atoms with van der Waals surface area (Å²) >= 11 is 6.11. The first-order valence-electron chi connectivity index (χ1n) is 5.49. The summed E-state index contributed by atoms with van der Waals surface area (Å²) in [5.74, 6) is 0.257. The smallest absolute Gasteiger partial charge is 0.277 e. The van der Waals surface area contributed by atoms with Crippen molar-refractivity contribution in [2.75, 3.05) is 5.32 Å². The van der Waals surface area contributed by atoms with Gasteiger partial charge in [-0.3, -0.25) is 4.79 Å². The largest absolute Gasteiger partial charge is 0.361 e. The fourth-order valence-electron chi connectivity index (χ4n) is 1.73. The molecule has 0 saturated heterocycles. The van der Waals surface area contributed by atoms with Gasteiger partial charge < -0.3 is 9.84 Å². The van der Waals surface area contributed by atoms with E-state index in [1.165, 1.54) is 0 Å². The molecule has 1 aromatic carbocycles. The number of nitrogens with one attached hydrogen (secondary N) is 1. The van der Waals surface area contributed by atoms with Crippen molar-refractivity contribution >= 4 is 23.2 Å². The maximum atomic E-state index is 11.9. The highest BCUT2D eigenvalue weighted by atomic mass is 35.5. The third kappa shape index (κ3) is 2.54.